The molecule has 0 saturated carbocycles. The average molecular weight is 464 g/mol. The van der Waals surface area contributed by atoms with Crippen molar-refractivity contribution in [3.63, 3.8) is 0 Å². The molecule has 160 valence electrons. The van der Waals surface area contributed by atoms with Crippen LogP contribution in [0.2, 0.25) is 5.02 Å². The molecule has 1 heterocycles. The Labute approximate surface area is 194 Å². The van der Waals surface area contributed by atoms with E-state index in [0.717, 1.165) is 22.9 Å². The van der Waals surface area contributed by atoms with Crippen molar-refractivity contribution in [2.24, 2.45) is 0 Å². The summed E-state index contributed by atoms with van der Waals surface area (Å²) < 4.78 is 5.42. The van der Waals surface area contributed by atoms with Crippen molar-refractivity contribution in [1.82, 2.24) is 4.90 Å². The Hall–Kier alpha value is -3.35. The van der Waals surface area contributed by atoms with Gasteiger partial charge in [0, 0.05) is 0 Å². The van der Waals surface area contributed by atoms with Crippen molar-refractivity contribution in [2.45, 2.75) is 13.5 Å². The van der Waals surface area contributed by atoms with Crippen molar-refractivity contribution in [2.75, 3.05) is 0 Å². The van der Waals surface area contributed by atoms with E-state index in [1.165, 1.54) is 4.90 Å². The van der Waals surface area contributed by atoms with Crippen molar-refractivity contribution in [3.8, 4) is 5.75 Å². The quantitative estimate of drug-likeness (QED) is 0.260. The monoisotopic (exact) mass is 463 g/mol. The minimum absolute atomic E-state index is 0.220. The number of benzene rings is 3. The van der Waals surface area contributed by atoms with E-state index in [4.69, 9.17) is 16.3 Å². The first-order chi connectivity index (χ1) is 15.4. The first kappa shape index (κ1) is 21.9. The summed E-state index contributed by atoms with van der Waals surface area (Å²) in [5.41, 5.74) is 2.89. The number of carbonyl (C=O) groups is 3. The van der Waals surface area contributed by atoms with Gasteiger partial charge in [0.25, 0.3) is 11.1 Å². The third-order valence-corrected chi connectivity index (χ3v) is 6.03. The highest BCUT2D eigenvalue weighted by Crippen LogP contribution is 2.33. The van der Waals surface area contributed by atoms with Gasteiger partial charge in [-0.2, -0.15) is 0 Å². The van der Waals surface area contributed by atoms with Crippen LogP contribution < -0.4 is 4.74 Å². The molecule has 1 aliphatic rings. The number of hydrogen-bond donors (Lipinski definition) is 0. The number of rotatable bonds is 5. The smallest absolute Gasteiger partial charge is 0.345 e. The molecule has 32 heavy (non-hydrogen) atoms. The number of carbonyl (C=O) groups excluding carboxylic acids is 3. The van der Waals surface area contributed by atoms with Crippen LogP contribution in [0.15, 0.2) is 77.7 Å². The van der Waals surface area contributed by atoms with E-state index in [9.17, 15) is 14.4 Å². The van der Waals surface area contributed by atoms with Crippen molar-refractivity contribution < 1.29 is 19.1 Å². The second kappa shape index (κ2) is 9.42. The zero-order valence-corrected chi connectivity index (χ0v) is 18.7. The summed E-state index contributed by atoms with van der Waals surface area (Å²) >= 11 is 6.94. The number of esters is 1. The second-order valence-corrected chi connectivity index (χ2v) is 8.60. The van der Waals surface area contributed by atoms with Crippen LogP contribution >= 0.6 is 23.4 Å². The van der Waals surface area contributed by atoms with E-state index in [-0.39, 0.29) is 23.3 Å². The first-order valence-electron chi connectivity index (χ1n) is 9.78. The number of ether oxygens (including phenoxy) is 1. The molecular formula is C25H18ClNO4S. The molecule has 0 N–H and O–H groups in total. The summed E-state index contributed by atoms with van der Waals surface area (Å²) in [6.45, 7) is 2.20. The summed E-state index contributed by atoms with van der Waals surface area (Å²) in [6, 6.07) is 21.0. The lowest BCUT2D eigenvalue weighted by Crippen LogP contribution is -2.27. The molecular weight excluding hydrogens is 446 g/mol. The third-order valence-electron chi connectivity index (χ3n) is 4.80. The van der Waals surface area contributed by atoms with Crippen LogP contribution in [-0.2, 0) is 11.3 Å². The Morgan fingerprint density at radius 3 is 2.53 bits per heavy atom. The Kier molecular flexibility index (Phi) is 6.44. The van der Waals surface area contributed by atoms with Gasteiger partial charge in [-0.3, -0.25) is 14.5 Å². The molecule has 0 atom stereocenters. The number of amides is 2. The van der Waals surface area contributed by atoms with Crippen LogP contribution in [0.1, 0.15) is 27.0 Å². The fraction of sp³-hybridized carbons (Fsp3) is 0.0800. The van der Waals surface area contributed by atoms with Gasteiger partial charge in [0.2, 0.25) is 0 Å². The Morgan fingerprint density at radius 1 is 1.03 bits per heavy atom. The number of aryl methyl sites for hydroxylation is 1. The summed E-state index contributed by atoms with van der Waals surface area (Å²) in [5, 5.41) is -0.0148. The molecule has 0 radical (unpaired) electrons. The predicted molar refractivity (Wildman–Crippen MR) is 126 cm³/mol. The molecule has 2 amide bonds. The lowest BCUT2D eigenvalue weighted by atomic mass is 10.1. The zero-order chi connectivity index (χ0) is 22.7. The van der Waals surface area contributed by atoms with Crippen molar-refractivity contribution in [3.05, 3.63) is 105 Å². The summed E-state index contributed by atoms with van der Waals surface area (Å²) in [7, 11) is 0. The number of imide groups is 1. The zero-order valence-electron chi connectivity index (χ0n) is 17.1. The van der Waals surface area contributed by atoms with E-state index in [2.05, 4.69) is 0 Å². The SMILES string of the molecule is Cc1ccc(CN2C(=O)S/C(=C\c3cccc(OC(=O)c4ccccc4Cl)c3)C2=O)cc1. The fourth-order valence-electron chi connectivity index (χ4n) is 3.12. The van der Waals surface area contributed by atoms with Crippen molar-refractivity contribution in [1.29, 1.82) is 0 Å². The van der Waals surface area contributed by atoms with Gasteiger partial charge in [0.1, 0.15) is 5.75 Å². The molecule has 4 rings (SSSR count). The highest BCUT2D eigenvalue weighted by atomic mass is 35.5. The topological polar surface area (TPSA) is 63.7 Å². The van der Waals surface area contributed by atoms with Gasteiger partial charge >= 0.3 is 5.97 Å². The van der Waals surface area contributed by atoms with Crippen LogP contribution in [0.5, 0.6) is 5.75 Å². The largest absolute Gasteiger partial charge is 0.423 e. The molecule has 0 bridgehead atoms. The van der Waals surface area contributed by atoms with Gasteiger partial charge in [-0.25, -0.2) is 4.79 Å². The average Bonchev–Trinajstić information content (AvgIpc) is 3.03. The molecule has 0 unspecified atom stereocenters. The molecule has 1 saturated heterocycles. The molecule has 1 fully saturated rings. The maximum atomic E-state index is 12.8. The molecule has 3 aromatic rings. The summed E-state index contributed by atoms with van der Waals surface area (Å²) in [4.78, 5) is 39.1. The van der Waals surface area contributed by atoms with Crippen LogP contribution in [0.4, 0.5) is 4.79 Å². The van der Waals surface area contributed by atoms with Gasteiger partial charge in [-0.1, -0.05) is 65.7 Å². The molecule has 0 spiro atoms. The van der Waals surface area contributed by atoms with Crippen LogP contribution in [0.25, 0.3) is 6.08 Å². The van der Waals surface area contributed by atoms with Crippen LogP contribution in [0, 0.1) is 6.92 Å². The highest BCUT2D eigenvalue weighted by Gasteiger charge is 2.35. The van der Waals surface area contributed by atoms with Crippen LogP contribution in [-0.4, -0.2) is 22.0 Å². The van der Waals surface area contributed by atoms with Gasteiger partial charge in [-0.15, -0.1) is 0 Å². The third kappa shape index (κ3) is 4.93. The maximum Gasteiger partial charge on any atom is 0.345 e. The number of hydrogen-bond acceptors (Lipinski definition) is 5. The first-order valence-corrected chi connectivity index (χ1v) is 11.0. The van der Waals surface area contributed by atoms with E-state index in [0.29, 0.717) is 21.2 Å². The molecule has 3 aromatic carbocycles. The Bertz CT molecular complexity index is 1240. The predicted octanol–water partition coefficient (Wildman–Crippen LogP) is 6.10. The van der Waals surface area contributed by atoms with Gasteiger partial charge < -0.3 is 4.74 Å². The van der Waals surface area contributed by atoms with Crippen LogP contribution in [0.3, 0.4) is 0 Å². The lowest BCUT2D eigenvalue weighted by molar-refractivity contribution is -0.123. The maximum absolute atomic E-state index is 12.8. The molecule has 1 aliphatic heterocycles. The number of nitrogens with zero attached hydrogens (tertiary/aromatic N) is 1. The molecule has 0 aromatic heterocycles. The molecule has 0 aliphatic carbocycles. The summed E-state index contributed by atoms with van der Waals surface area (Å²) in [6.07, 6.45) is 1.62. The van der Waals surface area contributed by atoms with E-state index >= 15 is 0 Å². The number of halogens is 1. The summed E-state index contributed by atoms with van der Waals surface area (Å²) in [5.74, 6) is -0.618. The van der Waals surface area contributed by atoms with E-state index in [1.807, 2.05) is 31.2 Å². The Morgan fingerprint density at radius 2 is 1.78 bits per heavy atom. The van der Waals surface area contributed by atoms with Gasteiger partial charge in [0.15, 0.2) is 0 Å². The fourth-order valence-corrected chi connectivity index (χ4v) is 4.17. The standard InChI is InChI=1S/C25H18ClNO4S/c1-16-9-11-17(12-10-16)15-27-23(28)22(32-25(27)30)14-18-5-4-6-19(13-18)31-24(29)20-7-2-3-8-21(20)26/h2-14H,15H2,1H3/b22-14-. The second-order valence-electron chi connectivity index (χ2n) is 7.20. The minimum atomic E-state index is -0.578. The van der Waals surface area contributed by atoms with Crippen molar-refractivity contribution >= 4 is 46.6 Å². The van der Waals surface area contributed by atoms with E-state index in [1.54, 1.807) is 54.6 Å². The minimum Gasteiger partial charge on any atom is -0.423 e. The lowest BCUT2D eigenvalue weighted by Gasteiger charge is -2.12. The van der Waals surface area contributed by atoms with Gasteiger partial charge in [-0.05, 0) is 60.2 Å². The normalized spacial score (nSPS) is 14.8. The number of thioether (sulfide) groups is 1. The molecule has 7 heteroatoms. The Balaban J connectivity index is 1.49. The van der Waals surface area contributed by atoms with Gasteiger partial charge in [0.05, 0.1) is 22.0 Å². The van der Waals surface area contributed by atoms with E-state index < -0.39 is 5.97 Å². The highest BCUT2D eigenvalue weighted by molar-refractivity contribution is 8.18. The molecule has 5 nitrogen and oxygen atoms in total.